The molecule has 0 atom stereocenters. The normalized spacial score (nSPS) is 17.2. The summed E-state index contributed by atoms with van der Waals surface area (Å²) in [6.45, 7) is 0. The van der Waals surface area contributed by atoms with E-state index in [0.717, 1.165) is 25.7 Å². The van der Waals surface area contributed by atoms with Crippen LogP contribution in [0.5, 0.6) is 0 Å². The molecule has 1 saturated carbocycles. The van der Waals surface area contributed by atoms with E-state index in [1.54, 1.807) is 0 Å². The largest absolute Gasteiger partial charge is 0.452 e. The van der Waals surface area contributed by atoms with Gasteiger partial charge in [-0.3, -0.25) is 10.2 Å². The van der Waals surface area contributed by atoms with Crippen LogP contribution in [-0.2, 0) is 9.53 Å². The average Bonchev–Trinajstić information content (AvgIpc) is 2.26. The summed E-state index contributed by atoms with van der Waals surface area (Å²) in [5.74, 6) is -0.0731. The first-order chi connectivity index (χ1) is 6.74. The molecule has 5 nitrogen and oxygen atoms in total. The molecule has 0 saturated heterocycles. The number of amides is 2. The van der Waals surface area contributed by atoms with E-state index in [1.165, 1.54) is 13.5 Å². The quantitative estimate of drug-likeness (QED) is 0.619. The lowest BCUT2D eigenvalue weighted by Crippen LogP contribution is -2.44. The van der Waals surface area contributed by atoms with E-state index in [2.05, 4.69) is 15.6 Å². The van der Waals surface area contributed by atoms with Crippen molar-refractivity contribution >= 4 is 12.0 Å². The van der Waals surface area contributed by atoms with Crippen LogP contribution < -0.4 is 10.9 Å². The molecule has 0 spiro atoms. The predicted octanol–water partition coefficient (Wildman–Crippen LogP) is 0.954. The monoisotopic (exact) mass is 200 g/mol. The Balaban J connectivity index is 2.23. The third-order valence-corrected chi connectivity index (χ3v) is 2.45. The maximum Gasteiger partial charge on any atom is 0.425 e. The summed E-state index contributed by atoms with van der Waals surface area (Å²) < 4.78 is 4.32. The lowest BCUT2D eigenvalue weighted by molar-refractivity contribution is -0.126. The lowest BCUT2D eigenvalue weighted by atomic mass is 9.89. The molecular formula is C9H16N2O3. The summed E-state index contributed by atoms with van der Waals surface area (Å²) in [4.78, 5) is 22.1. The van der Waals surface area contributed by atoms with Crippen LogP contribution in [0.2, 0.25) is 0 Å². The van der Waals surface area contributed by atoms with Crippen molar-refractivity contribution in [3.8, 4) is 0 Å². The zero-order valence-corrected chi connectivity index (χ0v) is 8.34. The van der Waals surface area contributed by atoms with Gasteiger partial charge in [-0.25, -0.2) is 10.2 Å². The van der Waals surface area contributed by atoms with Gasteiger partial charge in [0.25, 0.3) is 0 Å². The molecule has 0 heterocycles. The number of carbonyl (C=O) groups excluding carboxylic acids is 2. The molecular weight excluding hydrogens is 184 g/mol. The van der Waals surface area contributed by atoms with Crippen molar-refractivity contribution in [2.24, 2.45) is 5.92 Å². The Labute approximate surface area is 83.2 Å². The third kappa shape index (κ3) is 3.24. The van der Waals surface area contributed by atoms with Gasteiger partial charge in [0, 0.05) is 5.92 Å². The highest BCUT2D eigenvalue weighted by Gasteiger charge is 2.21. The minimum atomic E-state index is -0.644. The van der Waals surface area contributed by atoms with Crippen molar-refractivity contribution in [2.75, 3.05) is 7.11 Å². The first kappa shape index (κ1) is 10.8. The first-order valence-electron chi connectivity index (χ1n) is 4.88. The minimum Gasteiger partial charge on any atom is -0.452 e. The Morgan fingerprint density at radius 1 is 1.14 bits per heavy atom. The van der Waals surface area contributed by atoms with Crippen LogP contribution in [0.15, 0.2) is 0 Å². The Kier molecular flexibility index (Phi) is 4.22. The molecule has 0 aromatic heterocycles. The maximum absolute atomic E-state index is 11.4. The molecule has 80 valence electrons. The van der Waals surface area contributed by atoms with Crippen LogP contribution in [0, 0.1) is 5.92 Å². The predicted molar refractivity (Wildman–Crippen MR) is 50.3 cm³/mol. The molecule has 0 aliphatic heterocycles. The number of carbonyl (C=O) groups is 2. The van der Waals surface area contributed by atoms with Crippen molar-refractivity contribution in [3.05, 3.63) is 0 Å². The van der Waals surface area contributed by atoms with Crippen molar-refractivity contribution in [2.45, 2.75) is 32.1 Å². The molecule has 0 aromatic rings. The number of hydrogen-bond acceptors (Lipinski definition) is 3. The molecule has 0 radical (unpaired) electrons. The second kappa shape index (κ2) is 5.47. The van der Waals surface area contributed by atoms with Gasteiger partial charge in [0.1, 0.15) is 0 Å². The van der Waals surface area contributed by atoms with Gasteiger partial charge < -0.3 is 4.74 Å². The fourth-order valence-corrected chi connectivity index (χ4v) is 1.63. The molecule has 2 amide bonds. The van der Waals surface area contributed by atoms with Crippen molar-refractivity contribution in [1.82, 2.24) is 10.9 Å². The lowest BCUT2D eigenvalue weighted by Gasteiger charge is -2.20. The molecule has 2 N–H and O–H groups in total. The summed E-state index contributed by atoms with van der Waals surface area (Å²) >= 11 is 0. The number of hydrogen-bond donors (Lipinski definition) is 2. The standard InChI is InChI=1S/C9H16N2O3/c1-14-9(13)11-10-8(12)7-5-3-2-4-6-7/h7H,2-6H2,1H3,(H,10,12)(H,11,13). The molecule has 1 rings (SSSR count). The van der Waals surface area contributed by atoms with E-state index < -0.39 is 6.09 Å². The van der Waals surface area contributed by atoms with Gasteiger partial charge in [0.05, 0.1) is 7.11 Å². The molecule has 5 heteroatoms. The maximum atomic E-state index is 11.4. The summed E-state index contributed by atoms with van der Waals surface area (Å²) in [7, 11) is 1.25. The zero-order chi connectivity index (χ0) is 10.4. The van der Waals surface area contributed by atoms with Crippen LogP contribution in [-0.4, -0.2) is 19.1 Å². The second-order valence-corrected chi connectivity index (χ2v) is 3.44. The minimum absolute atomic E-state index is 0.0425. The summed E-state index contributed by atoms with van der Waals surface area (Å²) in [5, 5.41) is 0. The SMILES string of the molecule is COC(=O)NNC(=O)C1CCCCC1. The summed E-state index contributed by atoms with van der Waals surface area (Å²) in [5.41, 5.74) is 4.51. The molecule has 1 aliphatic rings. The van der Waals surface area contributed by atoms with E-state index in [4.69, 9.17) is 0 Å². The number of nitrogens with one attached hydrogen (secondary N) is 2. The fraction of sp³-hybridized carbons (Fsp3) is 0.778. The van der Waals surface area contributed by atoms with Crippen molar-refractivity contribution < 1.29 is 14.3 Å². The van der Waals surface area contributed by atoms with Gasteiger partial charge in [-0.2, -0.15) is 0 Å². The van der Waals surface area contributed by atoms with Gasteiger partial charge in [0.15, 0.2) is 0 Å². The van der Waals surface area contributed by atoms with Crippen LogP contribution in [0.3, 0.4) is 0 Å². The van der Waals surface area contributed by atoms with Crippen LogP contribution in [0.4, 0.5) is 4.79 Å². The van der Waals surface area contributed by atoms with E-state index in [-0.39, 0.29) is 11.8 Å². The van der Waals surface area contributed by atoms with Gasteiger partial charge in [0.2, 0.25) is 5.91 Å². The van der Waals surface area contributed by atoms with Gasteiger partial charge in [-0.1, -0.05) is 19.3 Å². The summed E-state index contributed by atoms with van der Waals surface area (Å²) in [6.07, 6.45) is 4.57. The second-order valence-electron chi connectivity index (χ2n) is 3.44. The van der Waals surface area contributed by atoms with Crippen LogP contribution in [0.25, 0.3) is 0 Å². The number of methoxy groups -OCH3 is 1. The van der Waals surface area contributed by atoms with Crippen LogP contribution >= 0.6 is 0 Å². The Morgan fingerprint density at radius 2 is 1.79 bits per heavy atom. The number of rotatable bonds is 1. The molecule has 0 unspecified atom stereocenters. The molecule has 0 aromatic carbocycles. The van der Waals surface area contributed by atoms with E-state index in [0.29, 0.717) is 0 Å². The highest BCUT2D eigenvalue weighted by atomic mass is 16.5. The molecule has 14 heavy (non-hydrogen) atoms. The van der Waals surface area contributed by atoms with E-state index in [1.807, 2.05) is 0 Å². The van der Waals surface area contributed by atoms with Gasteiger partial charge in [-0.05, 0) is 12.8 Å². The van der Waals surface area contributed by atoms with E-state index in [9.17, 15) is 9.59 Å². The number of hydrazine groups is 1. The highest BCUT2D eigenvalue weighted by Crippen LogP contribution is 2.23. The smallest absolute Gasteiger partial charge is 0.425 e. The van der Waals surface area contributed by atoms with Crippen molar-refractivity contribution in [1.29, 1.82) is 0 Å². The zero-order valence-electron chi connectivity index (χ0n) is 8.34. The Morgan fingerprint density at radius 3 is 2.36 bits per heavy atom. The highest BCUT2D eigenvalue weighted by molar-refractivity contribution is 5.81. The molecule has 0 bridgehead atoms. The fourth-order valence-electron chi connectivity index (χ4n) is 1.63. The third-order valence-electron chi connectivity index (χ3n) is 2.45. The molecule has 1 aliphatic carbocycles. The van der Waals surface area contributed by atoms with E-state index >= 15 is 0 Å². The first-order valence-corrected chi connectivity index (χ1v) is 4.88. The summed E-state index contributed by atoms with van der Waals surface area (Å²) in [6, 6.07) is 0. The van der Waals surface area contributed by atoms with Crippen LogP contribution in [0.1, 0.15) is 32.1 Å². The number of ether oxygens (including phenoxy) is 1. The van der Waals surface area contributed by atoms with Gasteiger partial charge >= 0.3 is 6.09 Å². The topological polar surface area (TPSA) is 67.4 Å². The molecule has 1 fully saturated rings. The van der Waals surface area contributed by atoms with Crippen molar-refractivity contribution in [3.63, 3.8) is 0 Å². The average molecular weight is 200 g/mol. The Bertz CT molecular complexity index is 212. The van der Waals surface area contributed by atoms with Gasteiger partial charge in [-0.15, -0.1) is 0 Å². The Hall–Kier alpha value is -1.26.